The van der Waals surface area contributed by atoms with Crippen molar-refractivity contribution in [2.24, 2.45) is 0 Å². The zero-order chi connectivity index (χ0) is 22.7. The second kappa shape index (κ2) is 9.23. The Hall–Kier alpha value is -3.02. The number of rotatable bonds is 7. The highest BCUT2D eigenvalue weighted by molar-refractivity contribution is 7.90. The van der Waals surface area contributed by atoms with Crippen LogP contribution < -0.4 is 10.0 Å². The van der Waals surface area contributed by atoms with Crippen molar-refractivity contribution in [2.75, 3.05) is 31.6 Å². The number of nitrogens with zero attached hydrogens (tertiary/aromatic N) is 2. The molecule has 1 amide bonds. The number of sulfonamides is 1. The summed E-state index contributed by atoms with van der Waals surface area (Å²) in [5, 5.41) is 14.8. The first-order valence-corrected chi connectivity index (χ1v) is 11.8. The summed E-state index contributed by atoms with van der Waals surface area (Å²) >= 11 is 0. The van der Waals surface area contributed by atoms with Crippen molar-refractivity contribution in [1.29, 1.82) is 0 Å². The topological polar surface area (TPSA) is 131 Å². The maximum Gasteiger partial charge on any atom is 0.293 e. The van der Waals surface area contributed by atoms with Crippen molar-refractivity contribution >= 4 is 27.3 Å². The number of nitro benzene ring substituents is 1. The van der Waals surface area contributed by atoms with Gasteiger partial charge in [0, 0.05) is 30.8 Å². The van der Waals surface area contributed by atoms with E-state index < -0.39 is 20.9 Å². The van der Waals surface area contributed by atoms with Gasteiger partial charge in [0.05, 0.1) is 29.1 Å². The number of anilines is 1. The number of likely N-dealkylation sites (tertiary alicyclic amines) is 1. The molecule has 2 aromatic carbocycles. The fraction of sp³-hybridized carbons (Fsp3) is 0.381. The molecule has 0 saturated carbocycles. The first kappa shape index (κ1) is 22.2. The van der Waals surface area contributed by atoms with Crippen LogP contribution in [0, 0.1) is 10.1 Å². The van der Waals surface area contributed by atoms with E-state index in [2.05, 4.69) is 10.2 Å². The van der Waals surface area contributed by atoms with Crippen LogP contribution >= 0.6 is 0 Å². The highest BCUT2D eigenvalue weighted by Gasteiger charge is 2.31. The molecule has 2 fully saturated rings. The van der Waals surface area contributed by atoms with Crippen molar-refractivity contribution in [3.63, 3.8) is 0 Å². The summed E-state index contributed by atoms with van der Waals surface area (Å²) in [5.74, 6) is -0.806. The Morgan fingerprint density at radius 1 is 1.09 bits per heavy atom. The number of nitro groups is 1. The standard InChI is InChI=1S/C21H24N4O6S/c26-21(15-4-2-1-3-5-15)23-32(29,30)18-6-7-19(20(12-18)25(27)28)22-16-8-10-24(11-9-16)17-13-31-14-17/h1-7,12,16-17,22H,8-11,13-14H2,(H,23,26). The SMILES string of the molecule is O=C(NS(=O)(=O)c1ccc(NC2CCN(C3COC3)CC2)c([N+](=O)[O-])c1)c1ccccc1. The predicted molar refractivity (Wildman–Crippen MR) is 117 cm³/mol. The van der Waals surface area contributed by atoms with Crippen molar-refractivity contribution in [2.45, 2.75) is 29.8 Å². The molecule has 2 aliphatic heterocycles. The molecule has 0 atom stereocenters. The van der Waals surface area contributed by atoms with Gasteiger partial charge in [0.1, 0.15) is 5.69 Å². The van der Waals surface area contributed by atoms with Crippen LogP contribution in [0.2, 0.25) is 0 Å². The molecule has 11 heteroatoms. The summed E-state index contributed by atoms with van der Waals surface area (Å²) in [6, 6.07) is 12.0. The maximum atomic E-state index is 12.6. The number of benzene rings is 2. The first-order valence-electron chi connectivity index (χ1n) is 10.3. The Morgan fingerprint density at radius 3 is 2.38 bits per heavy atom. The lowest BCUT2D eigenvalue weighted by molar-refractivity contribution is -0.384. The van der Waals surface area contributed by atoms with Gasteiger partial charge in [0.15, 0.2) is 0 Å². The molecule has 2 aromatic rings. The van der Waals surface area contributed by atoms with Crippen LogP contribution in [-0.4, -0.2) is 62.5 Å². The number of amides is 1. The third kappa shape index (κ3) is 4.90. The highest BCUT2D eigenvalue weighted by Crippen LogP contribution is 2.30. The van der Waals surface area contributed by atoms with Crippen molar-refractivity contribution in [1.82, 2.24) is 9.62 Å². The summed E-state index contributed by atoms with van der Waals surface area (Å²) in [6.45, 7) is 3.25. The van der Waals surface area contributed by atoms with Gasteiger partial charge in [-0.25, -0.2) is 13.1 Å². The molecule has 0 unspecified atom stereocenters. The number of hydrogen-bond acceptors (Lipinski definition) is 8. The van der Waals surface area contributed by atoms with Gasteiger partial charge in [0.2, 0.25) is 0 Å². The van der Waals surface area contributed by atoms with Gasteiger partial charge >= 0.3 is 0 Å². The molecule has 2 N–H and O–H groups in total. The van der Waals surface area contributed by atoms with Crippen molar-refractivity contribution in [3.05, 3.63) is 64.2 Å². The van der Waals surface area contributed by atoms with E-state index in [1.807, 2.05) is 4.72 Å². The number of ether oxygens (including phenoxy) is 1. The molecule has 32 heavy (non-hydrogen) atoms. The number of carbonyl (C=O) groups excluding carboxylic acids is 1. The van der Waals surface area contributed by atoms with E-state index in [1.54, 1.807) is 18.2 Å². The van der Waals surface area contributed by atoms with Crippen LogP contribution in [0.25, 0.3) is 0 Å². The minimum absolute atomic E-state index is 0.0474. The molecular formula is C21H24N4O6S. The molecule has 0 aliphatic carbocycles. The van der Waals surface area contributed by atoms with E-state index in [-0.39, 0.29) is 27.9 Å². The summed E-state index contributed by atoms with van der Waals surface area (Å²) in [6.07, 6.45) is 1.64. The van der Waals surface area contributed by atoms with Crippen LogP contribution in [0.4, 0.5) is 11.4 Å². The van der Waals surface area contributed by atoms with Gasteiger partial charge < -0.3 is 10.1 Å². The van der Waals surface area contributed by atoms with Crippen LogP contribution in [0.15, 0.2) is 53.4 Å². The van der Waals surface area contributed by atoms with Crippen molar-refractivity contribution < 1.29 is 22.9 Å². The number of nitrogens with one attached hydrogen (secondary N) is 2. The third-order valence-corrected chi connectivity index (χ3v) is 7.09. The maximum absolute atomic E-state index is 12.6. The lowest BCUT2D eigenvalue weighted by atomic mass is 10.0. The number of hydrogen-bond donors (Lipinski definition) is 2. The van der Waals surface area contributed by atoms with E-state index in [4.69, 9.17) is 4.74 Å². The molecule has 0 aromatic heterocycles. The van der Waals surface area contributed by atoms with E-state index in [0.29, 0.717) is 6.04 Å². The molecule has 0 radical (unpaired) electrons. The third-order valence-electron chi connectivity index (χ3n) is 5.77. The van der Waals surface area contributed by atoms with Crippen LogP contribution in [0.5, 0.6) is 0 Å². The van der Waals surface area contributed by atoms with E-state index in [9.17, 15) is 23.3 Å². The van der Waals surface area contributed by atoms with Crippen molar-refractivity contribution in [3.8, 4) is 0 Å². The zero-order valence-corrected chi connectivity index (χ0v) is 18.1. The lowest BCUT2D eigenvalue weighted by Gasteiger charge is -2.41. The van der Waals surface area contributed by atoms with Crippen LogP contribution in [0.1, 0.15) is 23.2 Å². The number of carbonyl (C=O) groups is 1. The Labute approximate surface area is 185 Å². The average Bonchev–Trinajstić information content (AvgIpc) is 2.74. The smallest absolute Gasteiger partial charge is 0.293 e. The normalized spacial score (nSPS) is 18.0. The minimum atomic E-state index is -4.28. The second-order valence-corrected chi connectivity index (χ2v) is 9.56. The summed E-state index contributed by atoms with van der Waals surface area (Å²) in [7, 11) is -4.28. The molecular weight excluding hydrogens is 436 g/mol. The largest absolute Gasteiger partial charge is 0.378 e. The molecule has 0 bridgehead atoms. The first-order chi connectivity index (χ1) is 15.3. The molecule has 2 saturated heterocycles. The van der Waals surface area contributed by atoms with Gasteiger partial charge in [-0.3, -0.25) is 19.8 Å². The monoisotopic (exact) mass is 460 g/mol. The van der Waals surface area contributed by atoms with Gasteiger partial charge in [-0.1, -0.05) is 18.2 Å². The van der Waals surface area contributed by atoms with E-state index in [0.717, 1.165) is 45.2 Å². The van der Waals surface area contributed by atoms with Gasteiger partial charge in [-0.2, -0.15) is 0 Å². The fourth-order valence-corrected chi connectivity index (χ4v) is 4.84. The molecule has 4 rings (SSSR count). The Kier molecular flexibility index (Phi) is 6.40. The number of piperidine rings is 1. The summed E-state index contributed by atoms with van der Waals surface area (Å²) in [4.78, 5) is 25.3. The van der Waals surface area contributed by atoms with Crippen LogP contribution in [0.3, 0.4) is 0 Å². The Bertz CT molecular complexity index is 1100. The quantitative estimate of drug-likeness (QED) is 0.474. The van der Waals surface area contributed by atoms with Gasteiger partial charge in [-0.05, 0) is 37.1 Å². The zero-order valence-electron chi connectivity index (χ0n) is 17.3. The molecule has 10 nitrogen and oxygen atoms in total. The Morgan fingerprint density at radius 2 is 1.78 bits per heavy atom. The second-order valence-electron chi connectivity index (χ2n) is 7.88. The average molecular weight is 461 g/mol. The predicted octanol–water partition coefficient (Wildman–Crippen LogP) is 1.99. The van der Waals surface area contributed by atoms with E-state index in [1.165, 1.54) is 24.3 Å². The lowest BCUT2D eigenvalue weighted by Crippen LogP contribution is -2.53. The van der Waals surface area contributed by atoms with Gasteiger partial charge in [-0.15, -0.1) is 0 Å². The molecule has 2 aliphatic rings. The Balaban J connectivity index is 1.46. The van der Waals surface area contributed by atoms with Gasteiger partial charge in [0.25, 0.3) is 21.6 Å². The van der Waals surface area contributed by atoms with E-state index >= 15 is 0 Å². The van der Waals surface area contributed by atoms with Crippen LogP contribution in [-0.2, 0) is 14.8 Å². The fourth-order valence-electron chi connectivity index (χ4n) is 3.84. The minimum Gasteiger partial charge on any atom is -0.378 e. The highest BCUT2D eigenvalue weighted by atomic mass is 32.2. The molecule has 2 heterocycles. The summed E-state index contributed by atoms with van der Waals surface area (Å²) < 4.78 is 32.5. The summed E-state index contributed by atoms with van der Waals surface area (Å²) in [5.41, 5.74) is 0.0762. The molecule has 170 valence electrons. The molecule has 0 spiro atoms.